The molecular formula is C11H12N2S. The van der Waals surface area contributed by atoms with Gasteiger partial charge in [0.2, 0.25) is 0 Å². The first-order chi connectivity index (χ1) is 6.83. The molecule has 0 aliphatic carbocycles. The predicted molar refractivity (Wildman–Crippen MR) is 60.1 cm³/mol. The lowest BCUT2D eigenvalue weighted by Gasteiger charge is -2.09. The van der Waals surface area contributed by atoms with Crippen molar-refractivity contribution in [2.45, 2.75) is 11.8 Å². The number of thioether (sulfide) groups is 1. The van der Waals surface area contributed by atoms with Gasteiger partial charge < -0.3 is 4.57 Å². The Bertz CT molecular complexity index is 434. The van der Waals surface area contributed by atoms with Gasteiger partial charge in [-0.25, -0.2) is 4.98 Å². The summed E-state index contributed by atoms with van der Waals surface area (Å²) in [6.45, 7) is 2.01. The van der Waals surface area contributed by atoms with E-state index in [0.717, 1.165) is 5.82 Å². The van der Waals surface area contributed by atoms with Crippen LogP contribution >= 0.6 is 11.8 Å². The number of para-hydroxylation sites is 1. The molecule has 0 amide bonds. The summed E-state index contributed by atoms with van der Waals surface area (Å²) < 4.78 is 2.10. The molecular weight excluding hydrogens is 192 g/mol. The molecule has 1 aromatic carbocycles. The molecule has 0 spiro atoms. The van der Waals surface area contributed by atoms with Crippen molar-refractivity contribution in [2.75, 3.05) is 6.26 Å². The summed E-state index contributed by atoms with van der Waals surface area (Å²) in [6, 6.07) is 8.34. The molecule has 0 saturated heterocycles. The van der Waals surface area contributed by atoms with E-state index in [1.165, 1.54) is 10.6 Å². The van der Waals surface area contributed by atoms with Crippen molar-refractivity contribution in [3.8, 4) is 5.69 Å². The van der Waals surface area contributed by atoms with Gasteiger partial charge >= 0.3 is 0 Å². The summed E-state index contributed by atoms with van der Waals surface area (Å²) in [7, 11) is 0. The molecule has 1 heterocycles. The van der Waals surface area contributed by atoms with Crippen molar-refractivity contribution in [3.63, 3.8) is 0 Å². The second kappa shape index (κ2) is 3.88. The first-order valence-electron chi connectivity index (χ1n) is 4.46. The molecule has 0 fully saturated rings. The lowest BCUT2D eigenvalue weighted by atomic mass is 10.3. The van der Waals surface area contributed by atoms with E-state index in [-0.39, 0.29) is 0 Å². The van der Waals surface area contributed by atoms with Crippen LogP contribution in [0, 0.1) is 6.92 Å². The number of imidazole rings is 1. The molecule has 72 valence electrons. The van der Waals surface area contributed by atoms with Gasteiger partial charge in [-0.2, -0.15) is 0 Å². The molecule has 3 heteroatoms. The maximum Gasteiger partial charge on any atom is 0.110 e. The molecule has 0 unspecified atom stereocenters. The van der Waals surface area contributed by atoms with Crippen LogP contribution in [0.5, 0.6) is 0 Å². The highest BCUT2D eigenvalue weighted by Gasteiger charge is 2.04. The van der Waals surface area contributed by atoms with Crippen LogP contribution in [-0.4, -0.2) is 15.8 Å². The molecule has 2 rings (SSSR count). The summed E-state index contributed by atoms with van der Waals surface area (Å²) in [4.78, 5) is 5.49. The molecule has 0 saturated carbocycles. The molecule has 2 nitrogen and oxygen atoms in total. The minimum absolute atomic E-state index is 1.02. The van der Waals surface area contributed by atoms with Crippen molar-refractivity contribution < 1.29 is 0 Å². The third-order valence-electron chi connectivity index (χ3n) is 2.17. The quantitative estimate of drug-likeness (QED) is 0.700. The van der Waals surface area contributed by atoms with E-state index in [2.05, 4.69) is 40.1 Å². The molecule has 0 bridgehead atoms. The van der Waals surface area contributed by atoms with Gasteiger partial charge in [-0.1, -0.05) is 12.1 Å². The topological polar surface area (TPSA) is 17.8 Å². The summed E-state index contributed by atoms with van der Waals surface area (Å²) in [5.74, 6) is 1.02. The normalized spacial score (nSPS) is 10.4. The highest BCUT2D eigenvalue weighted by molar-refractivity contribution is 7.98. The van der Waals surface area contributed by atoms with Crippen molar-refractivity contribution in [1.82, 2.24) is 9.55 Å². The second-order valence-electron chi connectivity index (χ2n) is 3.02. The van der Waals surface area contributed by atoms with Crippen LogP contribution in [0.4, 0.5) is 0 Å². The fraction of sp³-hybridized carbons (Fsp3) is 0.182. The summed E-state index contributed by atoms with van der Waals surface area (Å²) in [6.07, 6.45) is 5.90. The van der Waals surface area contributed by atoms with E-state index in [4.69, 9.17) is 0 Å². The molecule has 0 radical (unpaired) electrons. The van der Waals surface area contributed by atoms with E-state index in [1.54, 1.807) is 11.8 Å². The van der Waals surface area contributed by atoms with Gasteiger partial charge in [-0.15, -0.1) is 11.8 Å². The lowest BCUT2D eigenvalue weighted by Crippen LogP contribution is -1.96. The zero-order valence-electron chi connectivity index (χ0n) is 8.27. The zero-order chi connectivity index (χ0) is 9.97. The Kier molecular flexibility index (Phi) is 2.59. The van der Waals surface area contributed by atoms with Crippen LogP contribution in [0.1, 0.15) is 5.82 Å². The van der Waals surface area contributed by atoms with Gasteiger partial charge in [0.1, 0.15) is 5.82 Å². The van der Waals surface area contributed by atoms with Gasteiger partial charge in [0.25, 0.3) is 0 Å². The molecule has 0 aliphatic heterocycles. The van der Waals surface area contributed by atoms with E-state index >= 15 is 0 Å². The minimum atomic E-state index is 1.02. The Morgan fingerprint density at radius 2 is 2.07 bits per heavy atom. The summed E-state index contributed by atoms with van der Waals surface area (Å²) in [5, 5.41) is 0. The van der Waals surface area contributed by atoms with Crippen LogP contribution in [0.15, 0.2) is 41.6 Å². The van der Waals surface area contributed by atoms with E-state index < -0.39 is 0 Å². The third kappa shape index (κ3) is 1.55. The lowest BCUT2D eigenvalue weighted by molar-refractivity contribution is 0.952. The molecule has 1 aromatic heterocycles. The first-order valence-corrected chi connectivity index (χ1v) is 5.69. The largest absolute Gasteiger partial charge is 0.303 e. The van der Waals surface area contributed by atoms with Gasteiger partial charge in [0, 0.05) is 17.3 Å². The number of hydrogen-bond donors (Lipinski definition) is 0. The molecule has 0 N–H and O–H groups in total. The van der Waals surface area contributed by atoms with E-state index in [9.17, 15) is 0 Å². The first kappa shape index (κ1) is 9.34. The van der Waals surface area contributed by atoms with Crippen LogP contribution in [0.2, 0.25) is 0 Å². The Balaban J connectivity index is 2.56. The highest BCUT2D eigenvalue weighted by Crippen LogP contribution is 2.24. The predicted octanol–water partition coefficient (Wildman–Crippen LogP) is 2.90. The SMILES string of the molecule is CSc1ccccc1-n1ccnc1C. The van der Waals surface area contributed by atoms with Crippen LogP contribution in [0.3, 0.4) is 0 Å². The van der Waals surface area contributed by atoms with Crippen LogP contribution in [0.25, 0.3) is 5.69 Å². The Hall–Kier alpha value is -1.22. The highest BCUT2D eigenvalue weighted by atomic mass is 32.2. The minimum Gasteiger partial charge on any atom is -0.303 e. The van der Waals surface area contributed by atoms with Crippen molar-refractivity contribution in [2.24, 2.45) is 0 Å². The molecule has 14 heavy (non-hydrogen) atoms. The number of benzene rings is 1. The Morgan fingerprint density at radius 1 is 1.29 bits per heavy atom. The van der Waals surface area contributed by atoms with Crippen LogP contribution < -0.4 is 0 Å². The molecule has 0 atom stereocenters. The van der Waals surface area contributed by atoms with Crippen LogP contribution in [-0.2, 0) is 0 Å². The van der Waals surface area contributed by atoms with Gasteiger partial charge in [-0.3, -0.25) is 0 Å². The standard InChI is InChI=1S/C11H12N2S/c1-9-12-7-8-13(9)10-5-3-4-6-11(10)14-2/h3-8H,1-2H3. The Morgan fingerprint density at radius 3 is 2.71 bits per heavy atom. The van der Waals surface area contributed by atoms with E-state index in [0.29, 0.717) is 0 Å². The molecule has 2 aromatic rings. The fourth-order valence-electron chi connectivity index (χ4n) is 1.46. The third-order valence-corrected chi connectivity index (χ3v) is 2.96. The monoisotopic (exact) mass is 204 g/mol. The summed E-state index contributed by atoms with van der Waals surface area (Å²) >= 11 is 1.75. The van der Waals surface area contributed by atoms with Gasteiger partial charge in [0.15, 0.2) is 0 Å². The van der Waals surface area contributed by atoms with Crippen molar-refractivity contribution in [1.29, 1.82) is 0 Å². The number of aromatic nitrogens is 2. The number of aryl methyl sites for hydroxylation is 1. The Labute approximate surface area is 88.0 Å². The zero-order valence-corrected chi connectivity index (χ0v) is 9.08. The second-order valence-corrected chi connectivity index (χ2v) is 3.86. The number of rotatable bonds is 2. The maximum absolute atomic E-state index is 4.22. The average molecular weight is 204 g/mol. The average Bonchev–Trinajstić information content (AvgIpc) is 2.64. The van der Waals surface area contributed by atoms with E-state index in [1.807, 2.05) is 19.3 Å². The van der Waals surface area contributed by atoms with Gasteiger partial charge in [0.05, 0.1) is 5.69 Å². The smallest absolute Gasteiger partial charge is 0.110 e. The van der Waals surface area contributed by atoms with Crippen molar-refractivity contribution >= 4 is 11.8 Å². The van der Waals surface area contributed by atoms with Gasteiger partial charge in [-0.05, 0) is 25.3 Å². The molecule has 0 aliphatic rings. The fourth-order valence-corrected chi connectivity index (χ4v) is 2.05. The maximum atomic E-state index is 4.22. The number of nitrogens with zero attached hydrogens (tertiary/aromatic N) is 2. The summed E-state index contributed by atoms with van der Waals surface area (Å²) in [5.41, 5.74) is 1.20. The van der Waals surface area contributed by atoms with Crippen molar-refractivity contribution in [3.05, 3.63) is 42.5 Å². The number of hydrogen-bond acceptors (Lipinski definition) is 2.